The van der Waals surface area contributed by atoms with Crippen LogP contribution in [0.25, 0.3) is 0 Å². The highest BCUT2D eigenvalue weighted by atomic mass is 16.5. The molecule has 0 spiro atoms. The van der Waals surface area contributed by atoms with Crippen LogP contribution in [0.3, 0.4) is 0 Å². The molecule has 0 radical (unpaired) electrons. The van der Waals surface area contributed by atoms with Gasteiger partial charge in [0.25, 0.3) is 5.56 Å². The molecule has 1 saturated heterocycles. The number of nitrogens with zero attached hydrogens (tertiary/aromatic N) is 1. The van der Waals surface area contributed by atoms with E-state index in [1.807, 2.05) is 0 Å². The molecule has 4 N–H and O–H groups in total. The number of rotatable bonds is 3. The number of aromatic nitrogens is 2. The van der Waals surface area contributed by atoms with Gasteiger partial charge >= 0.3 is 0 Å². The fourth-order valence-corrected chi connectivity index (χ4v) is 1.58. The van der Waals surface area contributed by atoms with E-state index in [9.17, 15) is 4.79 Å². The lowest BCUT2D eigenvalue weighted by Crippen LogP contribution is -2.21. The highest BCUT2D eigenvalue weighted by Gasteiger charge is 2.15. The molecular formula is C9H14N4O2. The summed E-state index contributed by atoms with van der Waals surface area (Å²) in [7, 11) is 0. The van der Waals surface area contributed by atoms with Crippen LogP contribution in [-0.2, 0) is 4.74 Å². The fraction of sp³-hybridized carbons (Fsp3) is 0.556. The minimum atomic E-state index is -0.252. The smallest absolute Gasteiger partial charge is 0.254 e. The number of nitrogens with two attached hydrogens (primary N) is 1. The van der Waals surface area contributed by atoms with Crippen LogP contribution in [0.15, 0.2) is 10.9 Å². The first kappa shape index (κ1) is 9.97. The number of nitrogen functional groups attached to an aromatic ring is 1. The number of H-pyrrole nitrogens is 1. The molecular weight excluding hydrogens is 196 g/mol. The van der Waals surface area contributed by atoms with Gasteiger partial charge in [0.2, 0.25) is 5.95 Å². The van der Waals surface area contributed by atoms with Crippen LogP contribution in [-0.4, -0.2) is 29.2 Å². The molecule has 6 heteroatoms. The first-order valence-electron chi connectivity index (χ1n) is 4.96. The van der Waals surface area contributed by atoms with Crippen LogP contribution >= 0.6 is 0 Å². The summed E-state index contributed by atoms with van der Waals surface area (Å²) in [6, 6.07) is 1.25. The molecule has 2 heterocycles. The summed E-state index contributed by atoms with van der Waals surface area (Å²) in [5.74, 6) is 0.615. The Morgan fingerprint density at radius 1 is 1.73 bits per heavy atom. The van der Waals surface area contributed by atoms with Crippen LogP contribution in [0.1, 0.15) is 12.8 Å². The highest BCUT2D eigenvalue weighted by molar-refractivity contribution is 5.35. The van der Waals surface area contributed by atoms with Gasteiger partial charge in [0.15, 0.2) is 0 Å². The second-order valence-electron chi connectivity index (χ2n) is 3.53. The molecule has 0 unspecified atom stereocenters. The van der Waals surface area contributed by atoms with E-state index in [1.54, 1.807) is 0 Å². The number of aromatic amines is 1. The molecule has 1 fully saturated rings. The largest absolute Gasteiger partial charge is 0.383 e. The average molecular weight is 210 g/mol. The number of hydrogen-bond donors (Lipinski definition) is 3. The van der Waals surface area contributed by atoms with Gasteiger partial charge in [-0.15, -0.1) is 0 Å². The number of ether oxygens (including phenoxy) is 1. The van der Waals surface area contributed by atoms with Crippen LogP contribution in [0.4, 0.5) is 11.8 Å². The zero-order valence-corrected chi connectivity index (χ0v) is 8.32. The summed E-state index contributed by atoms with van der Waals surface area (Å²) in [6.45, 7) is 1.46. The highest BCUT2D eigenvalue weighted by Crippen LogP contribution is 2.11. The Balaban J connectivity index is 1.95. The molecule has 1 aromatic heterocycles. The summed E-state index contributed by atoms with van der Waals surface area (Å²) in [4.78, 5) is 17.6. The lowest BCUT2D eigenvalue weighted by atomic mass is 10.2. The Bertz CT molecular complexity index is 384. The Kier molecular flexibility index (Phi) is 2.86. The molecule has 2 rings (SSSR count). The van der Waals surface area contributed by atoms with Crippen LogP contribution in [0.2, 0.25) is 0 Å². The van der Waals surface area contributed by atoms with E-state index < -0.39 is 0 Å². The van der Waals surface area contributed by atoms with Gasteiger partial charge in [-0.3, -0.25) is 9.78 Å². The summed E-state index contributed by atoms with van der Waals surface area (Å²) < 4.78 is 5.42. The lowest BCUT2D eigenvalue weighted by Gasteiger charge is -2.10. The molecule has 82 valence electrons. The normalized spacial score (nSPS) is 20.4. The third-order valence-electron chi connectivity index (χ3n) is 2.28. The van der Waals surface area contributed by atoms with Gasteiger partial charge in [-0.05, 0) is 12.8 Å². The zero-order chi connectivity index (χ0) is 10.7. The van der Waals surface area contributed by atoms with Gasteiger partial charge < -0.3 is 15.8 Å². The van der Waals surface area contributed by atoms with Crippen molar-refractivity contribution in [2.75, 3.05) is 24.2 Å². The van der Waals surface area contributed by atoms with Crippen molar-refractivity contribution in [3.05, 3.63) is 16.4 Å². The van der Waals surface area contributed by atoms with E-state index in [4.69, 9.17) is 10.5 Å². The monoisotopic (exact) mass is 210 g/mol. The molecule has 1 aromatic rings. The van der Waals surface area contributed by atoms with Crippen molar-refractivity contribution in [1.82, 2.24) is 9.97 Å². The van der Waals surface area contributed by atoms with E-state index in [0.717, 1.165) is 19.4 Å². The SMILES string of the molecule is Nc1cc(=O)[nH]c(NC[C@H]2CCCO2)n1. The van der Waals surface area contributed by atoms with E-state index >= 15 is 0 Å². The molecule has 0 bridgehead atoms. The Labute approximate surface area is 86.9 Å². The van der Waals surface area contributed by atoms with Crippen molar-refractivity contribution in [3.8, 4) is 0 Å². The predicted molar refractivity (Wildman–Crippen MR) is 56.7 cm³/mol. The van der Waals surface area contributed by atoms with Crippen LogP contribution in [0.5, 0.6) is 0 Å². The Morgan fingerprint density at radius 3 is 3.27 bits per heavy atom. The molecule has 1 atom stereocenters. The quantitative estimate of drug-likeness (QED) is 0.650. The molecule has 0 aromatic carbocycles. The van der Waals surface area contributed by atoms with Crippen molar-refractivity contribution in [2.45, 2.75) is 18.9 Å². The van der Waals surface area contributed by atoms with Crippen LogP contribution in [0, 0.1) is 0 Å². The van der Waals surface area contributed by atoms with Gasteiger partial charge in [0.05, 0.1) is 6.10 Å². The molecule has 6 nitrogen and oxygen atoms in total. The summed E-state index contributed by atoms with van der Waals surface area (Å²) >= 11 is 0. The van der Waals surface area contributed by atoms with E-state index in [2.05, 4.69) is 15.3 Å². The van der Waals surface area contributed by atoms with Gasteiger partial charge in [-0.1, -0.05) is 0 Å². The summed E-state index contributed by atoms with van der Waals surface area (Å²) in [5, 5.41) is 3.00. The second kappa shape index (κ2) is 4.31. The van der Waals surface area contributed by atoms with Crippen molar-refractivity contribution in [2.24, 2.45) is 0 Å². The van der Waals surface area contributed by atoms with Crippen LogP contribution < -0.4 is 16.6 Å². The minimum absolute atomic E-state index is 0.205. The summed E-state index contributed by atoms with van der Waals surface area (Å²) in [5.41, 5.74) is 5.19. The maximum atomic E-state index is 11.1. The minimum Gasteiger partial charge on any atom is -0.383 e. The maximum absolute atomic E-state index is 11.1. The number of hydrogen-bond acceptors (Lipinski definition) is 5. The van der Waals surface area contributed by atoms with E-state index in [0.29, 0.717) is 12.5 Å². The molecule has 0 amide bonds. The zero-order valence-electron chi connectivity index (χ0n) is 8.32. The van der Waals surface area contributed by atoms with Crippen molar-refractivity contribution >= 4 is 11.8 Å². The molecule has 1 aliphatic heterocycles. The third kappa shape index (κ3) is 2.69. The molecule has 0 aliphatic carbocycles. The Hall–Kier alpha value is -1.56. The average Bonchev–Trinajstić information content (AvgIpc) is 2.65. The standard InChI is InChI=1S/C9H14N4O2/c10-7-4-8(14)13-9(12-7)11-5-6-2-1-3-15-6/h4,6H,1-3,5H2,(H4,10,11,12,13,14)/t6-/m1/s1. The first-order chi connectivity index (χ1) is 7.24. The Morgan fingerprint density at radius 2 is 2.60 bits per heavy atom. The third-order valence-corrected chi connectivity index (χ3v) is 2.28. The topological polar surface area (TPSA) is 93.0 Å². The molecule has 15 heavy (non-hydrogen) atoms. The van der Waals surface area contributed by atoms with Gasteiger partial charge in [-0.25, -0.2) is 0 Å². The van der Waals surface area contributed by atoms with Crippen molar-refractivity contribution in [3.63, 3.8) is 0 Å². The second-order valence-corrected chi connectivity index (χ2v) is 3.53. The van der Waals surface area contributed by atoms with Gasteiger partial charge in [0, 0.05) is 19.2 Å². The van der Waals surface area contributed by atoms with Crippen molar-refractivity contribution < 1.29 is 4.74 Å². The lowest BCUT2D eigenvalue weighted by molar-refractivity contribution is 0.120. The fourth-order valence-electron chi connectivity index (χ4n) is 1.58. The van der Waals surface area contributed by atoms with E-state index in [-0.39, 0.29) is 17.5 Å². The van der Waals surface area contributed by atoms with Gasteiger partial charge in [0.1, 0.15) is 5.82 Å². The maximum Gasteiger partial charge on any atom is 0.254 e. The number of anilines is 2. The molecule has 0 saturated carbocycles. The van der Waals surface area contributed by atoms with Crippen molar-refractivity contribution in [1.29, 1.82) is 0 Å². The van der Waals surface area contributed by atoms with Gasteiger partial charge in [-0.2, -0.15) is 4.98 Å². The predicted octanol–water partition coefficient (Wildman–Crippen LogP) is -0.0570. The number of nitrogens with one attached hydrogen (secondary N) is 2. The van der Waals surface area contributed by atoms with E-state index in [1.165, 1.54) is 6.07 Å². The summed E-state index contributed by atoms with van der Waals surface area (Å²) in [6.07, 6.45) is 2.34. The first-order valence-corrected chi connectivity index (χ1v) is 4.96. The molecule has 1 aliphatic rings.